The second-order valence-electron chi connectivity index (χ2n) is 2.70. The average molecular weight is 243 g/mol. The van der Waals surface area contributed by atoms with E-state index in [4.69, 9.17) is 5.73 Å². The summed E-state index contributed by atoms with van der Waals surface area (Å²) in [6, 6.07) is 0. The molecule has 1 unspecified atom stereocenters. The third-order valence-electron chi connectivity index (χ3n) is 1.66. The second-order valence-corrected chi connectivity index (χ2v) is 2.70. The van der Waals surface area contributed by atoms with Crippen molar-refractivity contribution >= 4 is 24.8 Å². The monoisotopic (exact) mass is 242 g/mol. The van der Waals surface area contributed by atoms with Crippen LogP contribution < -0.4 is 5.73 Å². The molecule has 0 aliphatic heterocycles. The van der Waals surface area contributed by atoms with Gasteiger partial charge in [0.1, 0.15) is 0 Å². The number of aliphatic hydroxyl groups is 1. The third-order valence-corrected chi connectivity index (χ3v) is 1.66. The van der Waals surface area contributed by atoms with Gasteiger partial charge in [0.2, 0.25) is 0 Å². The number of hydrogen-bond acceptors (Lipinski definition) is 4. The highest BCUT2D eigenvalue weighted by atomic mass is 35.5. The molecular weight excluding hydrogens is 227 g/mol. The lowest BCUT2D eigenvalue weighted by Gasteiger charge is -2.05. The van der Waals surface area contributed by atoms with Gasteiger partial charge in [-0.1, -0.05) is 12.1 Å². The highest BCUT2D eigenvalue weighted by Crippen LogP contribution is 1.96. The molecule has 0 saturated heterocycles. The van der Waals surface area contributed by atoms with Gasteiger partial charge in [-0.05, 0) is 6.42 Å². The quantitative estimate of drug-likeness (QED) is 0.800. The lowest BCUT2D eigenvalue weighted by Crippen LogP contribution is -2.15. The summed E-state index contributed by atoms with van der Waals surface area (Å²) in [5.74, 6) is 0. The Balaban J connectivity index is 0. The van der Waals surface area contributed by atoms with Crippen molar-refractivity contribution in [1.29, 1.82) is 0 Å². The van der Waals surface area contributed by atoms with Gasteiger partial charge in [-0.3, -0.25) is 0 Å². The van der Waals surface area contributed by atoms with Crippen LogP contribution in [-0.2, 0) is 13.1 Å². The molecule has 0 radical (unpaired) electrons. The van der Waals surface area contributed by atoms with Gasteiger partial charge in [-0.2, -0.15) is 0 Å². The van der Waals surface area contributed by atoms with Crippen LogP contribution in [0.4, 0.5) is 0 Å². The Morgan fingerprint density at radius 3 is 2.64 bits per heavy atom. The van der Waals surface area contributed by atoms with Crippen molar-refractivity contribution in [3.8, 4) is 0 Å². The first-order valence-electron chi connectivity index (χ1n) is 4.03. The number of aromatic nitrogens is 3. The molecule has 0 bridgehead atoms. The standard InChI is InChI=1S/C7H14N4O.2ClH/c1-2-7(12)5-11-4-6(3-8)9-10-11;;/h4,7,12H,2-3,5,8H2,1H3;2*1H. The smallest absolute Gasteiger partial charge is 0.0962 e. The molecule has 5 nitrogen and oxygen atoms in total. The van der Waals surface area contributed by atoms with E-state index in [2.05, 4.69) is 10.3 Å². The maximum absolute atomic E-state index is 9.27. The lowest BCUT2D eigenvalue weighted by molar-refractivity contribution is 0.144. The van der Waals surface area contributed by atoms with Crippen LogP contribution in [0.15, 0.2) is 6.20 Å². The van der Waals surface area contributed by atoms with Gasteiger partial charge in [0, 0.05) is 12.7 Å². The summed E-state index contributed by atoms with van der Waals surface area (Å²) in [5, 5.41) is 16.9. The maximum Gasteiger partial charge on any atom is 0.0962 e. The fraction of sp³-hybridized carbons (Fsp3) is 0.714. The van der Waals surface area contributed by atoms with Crippen molar-refractivity contribution in [3.05, 3.63) is 11.9 Å². The molecule has 1 aromatic rings. The van der Waals surface area contributed by atoms with Crippen molar-refractivity contribution in [3.63, 3.8) is 0 Å². The summed E-state index contributed by atoms with van der Waals surface area (Å²) >= 11 is 0. The van der Waals surface area contributed by atoms with Crippen LogP contribution in [0.2, 0.25) is 0 Å². The van der Waals surface area contributed by atoms with Crippen molar-refractivity contribution in [2.24, 2.45) is 5.73 Å². The fourth-order valence-corrected chi connectivity index (χ4v) is 0.866. The van der Waals surface area contributed by atoms with Crippen LogP contribution in [0.5, 0.6) is 0 Å². The Morgan fingerprint density at radius 2 is 2.21 bits per heavy atom. The minimum Gasteiger partial charge on any atom is -0.391 e. The van der Waals surface area contributed by atoms with E-state index in [-0.39, 0.29) is 30.9 Å². The predicted octanol–water partition coefficient (Wildman–Crippen LogP) is 0.351. The number of halogens is 2. The van der Waals surface area contributed by atoms with Crippen molar-refractivity contribution < 1.29 is 5.11 Å². The van der Waals surface area contributed by atoms with E-state index in [1.807, 2.05) is 6.92 Å². The molecule has 0 fully saturated rings. The molecule has 3 N–H and O–H groups in total. The van der Waals surface area contributed by atoms with Crippen molar-refractivity contribution in [1.82, 2.24) is 15.0 Å². The number of hydrogen-bond donors (Lipinski definition) is 2. The molecule has 0 spiro atoms. The summed E-state index contributed by atoms with van der Waals surface area (Å²) in [7, 11) is 0. The topological polar surface area (TPSA) is 77.0 Å². The van der Waals surface area contributed by atoms with E-state index in [9.17, 15) is 5.11 Å². The van der Waals surface area contributed by atoms with Crippen LogP contribution >= 0.6 is 24.8 Å². The van der Waals surface area contributed by atoms with Crippen LogP contribution in [0.3, 0.4) is 0 Å². The largest absolute Gasteiger partial charge is 0.391 e. The number of aliphatic hydroxyl groups excluding tert-OH is 1. The summed E-state index contributed by atoms with van der Waals surface area (Å²) in [4.78, 5) is 0. The Hall–Kier alpha value is -0.360. The van der Waals surface area contributed by atoms with Crippen molar-refractivity contribution in [2.75, 3.05) is 0 Å². The highest BCUT2D eigenvalue weighted by Gasteiger charge is 2.03. The Kier molecular flexibility index (Phi) is 9.18. The van der Waals surface area contributed by atoms with Gasteiger partial charge in [-0.25, -0.2) is 4.68 Å². The first-order chi connectivity index (χ1) is 5.76. The first-order valence-corrected chi connectivity index (χ1v) is 4.03. The molecule has 1 heterocycles. The molecule has 1 aromatic heterocycles. The maximum atomic E-state index is 9.27. The number of nitrogens with two attached hydrogens (primary N) is 1. The Morgan fingerprint density at radius 1 is 1.57 bits per heavy atom. The van der Waals surface area contributed by atoms with E-state index in [1.165, 1.54) is 0 Å². The zero-order valence-electron chi connectivity index (χ0n) is 7.96. The SMILES string of the molecule is CCC(O)Cn1cc(CN)nn1.Cl.Cl. The van der Waals surface area contributed by atoms with Gasteiger partial charge in [0.15, 0.2) is 0 Å². The molecule has 0 aliphatic carbocycles. The number of nitrogens with zero attached hydrogens (tertiary/aromatic N) is 3. The van der Waals surface area contributed by atoms with Gasteiger partial charge >= 0.3 is 0 Å². The van der Waals surface area contributed by atoms with Gasteiger partial charge in [0.05, 0.1) is 18.3 Å². The summed E-state index contributed by atoms with van der Waals surface area (Å²) in [6.45, 7) is 2.80. The Bertz CT molecular complexity index is 243. The third kappa shape index (κ3) is 4.76. The minimum absolute atomic E-state index is 0. The molecule has 84 valence electrons. The van der Waals surface area contributed by atoms with E-state index in [1.54, 1.807) is 10.9 Å². The summed E-state index contributed by atoms with van der Waals surface area (Å²) in [6.07, 6.45) is 2.12. The van der Waals surface area contributed by atoms with Crippen LogP contribution in [0, 0.1) is 0 Å². The molecule has 0 amide bonds. The minimum atomic E-state index is -0.350. The van der Waals surface area contributed by atoms with E-state index < -0.39 is 0 Å². The molecule has 0 aromatic carbocycles. The molecule has 7 heteroatoms. The second kappa shape index (κ2) is 7.99. The van der Waals surface area contributed by atoms with Crippen LogP contribution in [-0.4, -0.2) is 26.2 Å². The van der Waals surface area contributed by atoms with E-state index >= 15 is 0 Å². The average Bonchev–Trinajstić information content (AvgIpc) is 2.52. The summed E-state index contributed by atoms with van der Waals surface area (Å²) < 4.78 is 1.61. The molecular formula is C7H16Cl2N4O. The Labute approximate surface area is 95.5 Å². The molecule has 0 aliphatic rings. The van der Waals surface area contributed by atoms with Crippen molar-refractivity contribution in [2.45, 2.75) is 32.5 Å². The first kappa shape index (κ1) is 16.1. The number of rotatable bonds is 4. The van der Waals surface area contributed by atoms with Crippen LogP contribution in [0.1, 0.15) is 19.0 Å². The zero-order valence-corrected chi connectivity index (χ0v) is 9.59. The summed E-state index contributed by atoms with van der Waals surface area (Å²) in [5.41, 5.74) is 6.10. The van der Waals surface area contributed by atoms with E-state index in [0.717, 1.165) is 12.1 Å². The van der Waals surface area contributed by atoms with E-state index in [0.29, 0.717) is 13.1 Å². The van der Waals surface area contributed by atoms with Gasteiger partial charge in [-0.15, -0.1) is 29.9 Å². The molecule has 1 atom stereocenters. The molecule has 0 saturated carbocycles. The molecule has 1 rings (SSSR count). The fourth-order valence-electron chi connectivity index (χ4n) is 0.866. The van der Waals surface area contributed by atoms with Gasteiger partial charge < -0.3 is 10.8 Å². The molecule has 14 heavy (non-hydrogen) atoms. The lowest BCUT2D eigenvalue weighted by atomic mass is 10.3. The zero-order chi connectivity index (χ0) is 8.97. The highest BCUT2D eigenvalue weighted by molar-refractivity contribution is 5.85. The normalized spacial score (nSPS) is 11.4. The van der Waals surface area contributed by atoms with Gasteiger partial charge in [0.25, 0.3) is 0 Å². The predicted molar refractivity (Wildman–Crippen MR) is 58.7 cm³/mol. The van der Waals surface area contributed by atoms with Crippen LogP contribution in [0.25, 0.3) is 0 Å².